The highest BCUT2D eigenvalue weighted by molar-refractivity contribution is 9.11. The quantitative estimate of drug-likeness (QED) is 0.658. The summed E-state index contributed by atoms with van der Waals surface area (Å²) in [7, 11) is 0. The Morgan fingerprint density at radius 3 is 3.18 bits per heavy atom. The van der Waals surface area contributed by atoms with Gasteiger partial charge in [0, 0.05) is 0 Å². The van der Waals surface area contributed by atoms with Gasteiger partial charge in [0.1, 0.15) is 0 Å². The van der Waals surface area contributed by atoms with E-state index in [0.717, 1.165) is 23.9 Å². The average Bonchev–Trinajstić information content (AvgIpc) is 2.03. The second-order valence-electron chi connectivity index (χ2n) is 2.14. The molecule has 0 saturated heterocycles. The van der Waals surface area contributed by atoms with Gasteiger partial charge in [-0.1, -0.05) is 5.92 Å². The maximum absolute atomic E-state index is 5.21. The van der Waals surface area contributed by atoms with Crippen molar-refractivity contribution < 1.29 is 9.47 Å². The molecular formula is C8H9BrO2. The van der Waals surface area contributed by atoms with Crippen LogP contribution in [0.25, 0.3) is 0 Å². The molecule has 11 heavy (non-hydrogen) atoms. The standard InChI is InChI=1S/C8H9BrO2/c1-2-5-10-8-7(9)4-3-6-11-8/h1H,3-6H2. The minimum atomic E-state index is 0.268. The summed E-state index contributed by atoms with van der Waals surface area (Å²) in [5.41, 5.74) is 0. The van der Waals surface area contributed by atoms with Crippen LogP contribution in [0.4, 0.5) is 0 Å². The molecule has 1 aliphatic rings. The van der Waals surface area contributed by atoms with Crippen LogP contribution in [0, 0.1) is 12.3 Å². The Morgan fingerprint density at radius 2 is 2.55 bits per heavy atom. The number of halogens is 1. The summed E-state index contributed by atoms with van der Waals surface area (Å²) >= 11 is 3.35. The van der Waals surface area contributed by atoms with E-state index in [1.54, 1.807) is 0 Å². The van der Waals surface area contributed by atoms with Gasteiger partial charge in [-0.2, -0.15) is 0 Å². The highest BCUT2D eigenvalue weighted by Gasteiger charge is 2.12. The van der Waals surface area contributed by atoms with Crippen molar-refractivity contribution in [1.29, 1.82) is 0 Å². The number of terminal acetylenes is 1. The van der Waals surface area contributed by atoms with Crippen molar-refractivity contribution in [3.05, 3.63) is 10.4 Å². The van der Waals surface area contributed by atoms with Crippen LogP contribution in [-0.4, -0.2) is 13.2 Å². The Hall–Kier alpha value is -0.620. The molecule has 0 N–H and O–H groups in total. The molecule has 0 aromatic heterocycles. The van der Waals surface area contributed by atoms with Gasteiger partial charge in [-0.05, 0) is 28.8 Å². The lowest BCUT2D eigenvalue weighted by atomic mass is 10.3. The zero-order valence-corrected chi connectivity index (χ0v) is 7.69. The van der Waals surface area contributed by atoms with Crippen LogP contribution in [0.1, 0.15) is 12.8 Å². The van der Waals surface area contributed by atoms with Crippen LogP contribution in [0.15, 0.2) is 10.4 Å². The van der Waals surface area contributed by atoms with Gasteiger partial charge in [0.2, 0.25) is 0 Å². The van der Waals surface area contributed by atoms with Crippen molar-refractivity contribution in [2.24, 2.45) is 0 Å². The van der Waals surface area contributed by atoms with Gasteiger partial charge in [-0.3, -0.25) is 0 Å². The maximum atomic E-state index is 5.21. The predicted molar refractivity (Wildman–Crippen MR) is 45.9 cm³/mol. The van der Waals surface area contributed by atoms with E-state index in [1.807, 2.05) is 0 Å². The smallest absolute Gasteiger partial charge is 0.290 e. The average molecular weight is 217 g/mol. The lowest BCUT2D eigenvalue weighted by molar-refractivity contribution is 0.0366. The maximum Gasteiger partial charge on any atom is 0.290 e. The molecule has 0 aliphatic carbocycles. The Labute approximate surface area is 74.7 Å². The summed E-state index contributed by atoms with van der Waals surface area (Å²) < 4.78 is 11.3. The molecule has 0 bridgehead atoms. The number of hydrogen-bond acceptors (Lipinski definition) is 2. The summed E-state index contributed by atoms with van der Waals surface area (Å²) in [5.74, 6) is 2.93. The van der Waals surface area contributed by atoms with Crippen molar-refractivity contribution in [3.8, 4) is 12.3 Å². The molecule has 0 aromatic rings. The zero-order chi connectivity index (χ0) is 8.10. The van der Waals surface area contributed by atoms with E-state index in [0.29, 0.717) is 5.95 Å². The molecule has 1 aliphatic heterocycles. The Bertz CT molecular complexity index is 203. The third-order valence-corrected chi connectivity index (χ3v) is 2.00. The first-order valence-corrected chi connectivity index (χ1v) is 4.21. The van der Waals surface area contributed by atoms with Crippen LogP contribution < -0.4 is 0 Å². The molecule has 0 spiro atoms. The van der Waals surface area contributed by atoms with Crippen LogP contribution in [0.3, 0.4) is 0 Å². The van der Waals surface area contributed by atoms with E-state index in [9.17, 15) is 0 Å². The molecule has 1 rings (SSSR count). The van der Waals surface area contributed by atoms with Crippen molar-refractivity contribution in [1.82, 2.24) is 0 Å². The predicted octanol–water partition coefficient (Wildman–Crippen LogP) is 2.01. The molecule has 3 heteroatoms. The first-order chi connectivity index (χ1) is 5.34. The minimum absolute atomic E-state index is 0.268. The second kappa shape index (κ2) is 4.30. The van der Waals surface area contributed by atoms with E-state index in [-0.39, 0.29) is 6.61 Å². The fourth-order valence-corrected chi connectivity index (χ4v) is 1.31. The van der Waals surface area contributed by atoms with E-state index in [1.165, 1.54) is 0 Å². The summed E-state index contributed by atoms with van der Waals surface area (Å²) in [6, 6.07) is 0. The Morgan fingerprint density at radius 1 is 1.73 bits per heavy atom. The Kier molecular flexibility index (Phi) is 3.31. The van der Waals surface area contributed by atoms with Crippen LogP contribution in [0.2, 0.25) is 0 Å². The van der Waals surface area contributed by atoms with Crippen LogP contribution in [-0.2, 0) is 9.47 Å². The topological polar surface area (TPSA) is 18.5 Å². The highest BCUT2D eigenvalue weighted by atomic mass is 79.9. The molecule has 2 nitrogen and oxygen atoms in total. The van der Waals surface area contributed by atoms with Gasteiger partial charge in [0.25, 0.3) is 5.95 Å². The summed E-state index contributed by atoms with van der Waals surface area (Å²) in [4.78, 5) is 0. The summed E-state index contributed by atoms with van der Waals surface area (Å²) in [5, 5.41) is 0. The molecular weight excluding hydrogens is 208 g/mol. The van der Waals surface area contributed by atoms with Gasteiger partial charge in [-0.15, -0.1) is 6.42 Å². The van der Waals surface area contributed by atoms with E-state index >= 15 is 0 Å². The lowest BCUT2D eigenvalue weighted by Crippen LogP contribution is -2.07. The lowest BCUT2D eigenvalue weighted by Gasteiger charge is -2.16. The molecule has 0 amide bonds. The summed E-state index contributed by atoms with van der Waals surface area (Å²) in [6.45, 7) is 0.986. The number of rotatable bonds is 2. The second-order valence-corrected chi connectivity index (χ2v) is 3.09. The van der Waals surface area contributed by atoms with Crippen molar-refractivity contribution in [2.75, 3.05) is 13.2 Å². The monoisotopic (exact) mass is 216 g/mol. The van der Waals surface area contributed by atoms with Crippen LogP contribution >= 0.6 is 15.9 Å². The highest BCUT2D eigenvalue weighted by Crippen LogP contribution is 2.24. The summed E-state index contributed by atoms with van der Waals surface area (Å²) in [6.07, 6.45) is 7.03. The van der Waals surface area contributed by atoms with E-state index < -0.39 is 0 Å². The van der Waals surface area contributed by atoms with E-state index in [4.69, 9.17) is 15.9 Å². The first-order valence-electron chi connectivity index (χ1n) is 3.42. The van der Waals surface area contributed by atoms with E-state index in [2.05, 4.69) is 21.9 Å². The number of allylic oxidation sites excluding steroid dienone is 1. The molecule has 60 valence electrons. The number of ether oxygens (including phenoxy) is 2. The van der Waals surface area contributed by atoms with Gasteiger partial charge in [-0.25, -0.2) is 0 Å². The van der Waals surface area contributed by atoms with Crippen molar-refractivity contribution in [2.45, 2.75) is 12.8 Å². The molecule has 0 fully saturated rings. The van der Waals surface area contributed by atoms with Crippen molar-refractivity contribution >= 4 is 15.9 Å². The molecule has 1 heterocycles. The SMILES string of the molecule is C#CCOC1=C(Br)CCCO1. The molecule has 0 aromatic carbocycles. The molecule has 0 unspecified atom stereocenters. The third kappa shape index (κ3) is 2.47. The van der Waals surface area contributed by atoms with Gasteiger partial charge < -0.3 is 9.47 Å². The van der Waals surface area contributed by atoms with Gasteiger partial charge >= 0.3 is 0 Å². The molecule has 0 radical (unpaired) electrons. The van der Waals surface area contributed by atoms with Crippen molar-refractivity contribution in [3.63, 3.8) is 0 Å². The van der Waals surface area contributed by atoms with Crippen LogP contribution in [0.5, 0.6) is 0 Å². The molecule has 0 saturated carbocycles. The first kappa shape index (κ1) is 8.48. The molecule has 0 atom stereocenters. The number of hydrogen-bond donors (Lipinski definition) is 0. The minimum Gasteiger partial charge on any atom is -0.465 e. The fraction of sp³-hybridized carbons (Fsp3) is 0.500. The fourth-order valence-electron chi connectivity index (χ4n) is 0.800. The third-order valence-electron chi connectivity index (χ3n) is 1.28. The largest absolute Gasteiger partial charge is 0.465 e. The normalized spacial score (nSPS) is 17.1. The zero-order valence-electron chi connectivity index (χ0n) is 6.10. The Balaban J connectivity index is 2.47. The van der Waals surface area contributed by atoms with Gasteiger partial charge in [0.05, 0.1) is 11.1 Å². The van der Waals surface area contributed by atoms with Gasteiger partial charge in [0.15, 0.2) is 6.61 Å².